The van der Waals surface area contributed by atoms with E-state index in [2.05, 4.69) is 13.8 Å². The van der Waals surface area contributed by atoms with Crippen molar-refractivity contribution in [2.45, 2.75) is 84.3 Å². The number of carbonyl (C=O) groups excluding carboxylic acids is 1. The van der Waals surface area contributed by atoms with Gasteiger partial charge >= 0.3 is 0 Å². The Morgan fingerprint density at radius 3 is 2.52 bits per heavy atom. The van der Waals surface area contributed by atoms with Crippen LogP contribution in [0, 0.1) is 23.2 Å². The Labute approximate surface area is 140 Å². The summed E-state index contributed by atoms with van der Waals surface area (Å²) in [6, 6.07) is 0. The smallest absolute Gasteiger partial charge is 0.165 e. The standard InChI is InChI=1S/C20H32O3/c1-4-18-17-8-6-13-12-14(21)7-9-15(13)16(17)10-11-20(18,5-2)19(3,22)23/h16-18,22-23H,4-12H2,1-3H3/t16-,17-,18?,20?/m1/s1. The first-order chi connectivity index (χ1) is 10.8. The second-order valence-corrected chi connectivity index (χ2v) is 8.24. The molecular weight excluding hydrogens is 288 g/mol. The second-order valence-electron chi connectivity index (χ2n) is 8.24. The predicted molar refractivity (Wildman–Crippen MR) is 90.7 cm³/mol. The maximum atomic E-state index is 11.8. The summed E-state index contributed by atoms with van der Waals surface area (Å²) in [6.07, 6.45) is 8.30. The molecule has 0 saturated heterocycles. The van der Waals surface area contributed by atoms with Crippen LogP contribution >= 0.6 is 0 Å². The maximum Gasteiger partial charge on any atom is 0.165 e. The van der Waals surface area contributed by atoms with Gasteiger partial charge in [0.25, 0.3) is 0 Å². The number of carbonyl (C=O) groups is 1. The molecule has 3 nitrogen and oxygen atoms in total. The summed E-state index contributed by atoms with van der Waals surface area (Å²) >= 11 is 0. The Kier molecular flexibility index (Phi) is 4.48. The summed E-state index contributed by atoms with van der Waals surface area (Å²) < 4.78 is 0. The lowest BCUT2D eigenvalue weighted by atomic mass is 9.49. The average molecular weight is 320 g/mol. The van der Waals surface area contributed by atoms with Gasteiger partial charge in [0, 0.05) is 18.3 Å². The highest BCUT2D eigenvalue weighted by molar-refractivity contribution is 5.82. The molecule has 0 aromatic heterocycles. The van der Waals surface area contributed by atoms with Crippen molar-refractivity contribution >= 4 is 5.78 Å². The number of fused-ring (bicyclic) bond motifs is 2. The quantitative estimate of drug-likeness (QED) is 0.611. The minimum atomic E-state index is -1.61. The Balaban J connectivity index is 1.95. The summed E-state index contributed by atoms with van der Waals surface area (Å²) in [4.78, 5) is 11.8. The molecule has 0 aliphatic heterocycles. The molecule has 3 aliphatic carbocycles. The number of hydrogen-bond acceptors (Lipinski definition) is 3. The van der Waals surface area contributed by atoms with Gasteiger partial charge in [0.15, 0.2) is 5.79 Å². The molecule has 0 amide bonds. The van der Waals surface area contributed by atoms with Gasteiger partial charge in [0.1, 0.15) is 5.78 Å². The highest BCUT2D eigenvalue weighted by Gasteiger charge is 2.56. The van der Waals surface area contributed by atoms with Gasteiger partial charge in [-0.25, -0.2) is 0 Å². The monoisotopic (exact) mass is 320 g/mol. The number of aliphatic hydroxyl groups is 2. The van der Waals surface area contributed by atoms with E-state index in [1.807, 2.05) is 0 Å². The number of ketones is 1. The van der Waals surface area contributed by atoms with Crippen LogP contribution in [0.4, 0.5) is 0 Å². The lowest BCUT2D eigenvalue weighted by Gasteiger charge is -2.57. The minimum Gasteiger partial charge on any atom is -0.365 e. The van der Waals surface area contributed by atoms with Crippen LogP contribution in [0.2, 0.25) is 0 Å². The van der Waals surface area contributed by atoms with Crippen molar-refractivity contribution in [2.75, 3.05) is 0 Å². The molecule has 1 saturated carbocycles. The second kappa shape index (κ2) is 6.00. The molecule has 3 rings (SSSR count). The minimum absolute atomic E-state index is 0.359. The van der Waals surface area contributed by atoms with Crippen LogP contribution in [0.3, 0.4) is 0 Å². The summed E-state index contributed by atoms with van der Waals surface area (Å²) in [6.45, 7) is 5.91. The first-order valence-corrected chi connectivity index (χ1v) is 9.51. The fourth-order valence-corrected chi connectivity index (χ4v) is 6.32. The third kappa shape index (κ3) is 2.60. The zero-order chi connectivity index (χ0) is 16.8. The Bertz CT molecular complexity index is 513. The van der Waals surface area contributed by atoms with Gasteiger partial charge in [-0.15, -0.1) is 0 Å². The van der Waals surface area contributed by atoms with E-state index in [9.17, 15) is 15.0 Å². The van der Waals surface area contributed by atoms with Crippen LogP contribution < -0.4 is 0 Å². The third-order valence-electron chi connectivity index (χ3n) is 7.42. The molecule has 2 unspecified atom stereocenters. The van der Waals surface area contributed by atoms with E-state index in [-0.39, 0.29) is 5.41 Å². The van der Waals surface area contributed by atoms with E-state index in [1.165, 1.54) is 5.57 Å². The summed E-state index contributed by atoms with van der Waals surface area (Å²) in [5.41, 5.74) is 2.62. The molecule has 4 atom stereocenters. The predicted octanol–water partition coefficient (Wildman–Crippen LogP) is 3.98. The third-order valence-corrected chi connectivity index (χ3v) is 7.42. The largest absolute Gasteiger partial charge is 0.365 e. The van der Waals surface area contributed by atoms with E-state index < -0.39 is 5.79 Å². The van der Waals surface area contributed by atoms with E-state index >= 15 is 0 Å². The van der Waals surface area contributed by atoms with Gasteiger partial charge in [-0.05, 0) is 63.2 Å². The summed E-state index contributed by atoms with van der Waals surface area (Å²) in [5, 5.41) is 21.1. The molecule has 130 valence electrons. The molecule has 0 aromatic carbocycles. The number of Topliss-reactive ketones (excluding diaryl/α,β-unsaturated/α-hetero) is 1. The molecule has 1 fully saturated rings. The summed E-state index contributed by atoms with van der Waals surface area (Å²) in [7, 11) is 0. The van der Waals surface area contributed by atoms with Crippen molar-refractivity contribution in [3.05, 3.63) is 11.1 Å². The number of rotatable bonds is 3. The van der Waals surface area contributed by atoms with E-state index in [4.69, 9.17) is 0 Å². The molecule has 0 radical (unpaired) electrons. The van der Waals surface area contributed by atoms with Crippen LogP contribution in [0.1, 0.15) is 78.6 Å². The molecule has 0 aromatic rings. The van der Waals surface area contributed by atoms with Crippen LogP contribution in [0.15, 0.2) is 11.1 Å². The van der Waals surface area contributed by atoms with E-state index in [1.54, 1.807) is 12.5 Å². The lowest BCUT2D eigenvalue weighted by molar-refractivity contribution is -0.269. The van der Waals surface area contributed by atoms with Gasteiger partial charge in [0.05, 0.1) is 0 Å². The van der Waals surface area contributed by atoms with Crippen LogP contribution in [-0.4, -0.2) is 21.8 Å². The lowest BCUT2D eigenvalue weighted by Crippen LogP contribution is -2.56. The van der Waals surface area contributed by atoms with E-state index in [0.29, 0.717) is 30.0 Å². The van der Waals surface area contributed by atoms with Crippen LogP contribution in [0.5, 0.6) is 0 Å². The van der Waals surface area contributed by atoms with Crippen molar-refractivity contribution in [3.8, 4) is 0 Å². The first-order valence-electron chi connectivity index (χ1n) is 9.51. The zero-order valence-electron chi connectivity index (χ0n) is 14.9. The van der Waals surface area contributed by atoms with Gasteiger partial charge in [-0.2, -0.15) is 0 Å². The van der Waals surface area contributed by atoms with Crippen molar-refractivity contribution < 1.29 is 15.0 Å². The molecule has 3 aliphatic rings. The Morgan fingerprint density at radius 1 is 1.17 bits per heavy atom. The van der Waals surface area contributed by atoms with Gasteiger partial charge in [-0.3, -0.25) is 4.79 Å². The normalized spacial score (nSPS) is 38.3. The highest BCUT2D eigenvalue weighted by atomic mass is 16.5. The topological polar surface area (TPSA) is 57.5 Å². The van der Waals surface area contributed by atoms with E-state index in [0.717, 1.165) is 51.4 Å². The average Bonchev–Trinajstić information content (AvgIpc) is 2.51. The van der Waals surface area contributed by atoms with Crippen molar-refractivity contribution in [2.24, 2.45) is 23.2 Å². The highest BCUT2D eigenvalue weighted by Crippen LogP contribution is 2.60. The van der Waals surface area contributed by atoms with Gasteiger partial charge in [0.2, 0.25) is 0 Å². The first kappa shape index (κ1) is 17.2. The van der Waals surface area contributed by atoms with Crippen molar-refractivity contribution in [3.63, 3.8) is 0 Å². The SMILES string of the molecule is CCC1[C@@H]2CCC3=C(CCC(=O)C3)[C@H]2CCC1(CC)C(C)(O)O. The van der Waals surface area contributed by atoms with Crippen molar-refractivity contribution in [1.29, 1.82) is 0 Å². The number of allylic oxidation sites excluding steroid dienone is 2. The molecule has 0 spiro atoms. The molecule has 2 N–H and O–H groups in total. The van der Waals surface area contributed by atoms with Gasteiger partial charge in [-0.1, -0.05) is 31.4 Å². The summed E-state index contributed by atoms with van der Waals surface area (Å²) in [5.74, 6) is 0.298. The Morgan fingerprint density at radius 2 is 1.91 bits per heavy atom. The fourth-order valence-electron chi connectivity index (χ4n) is 6.32. The zero-order valence-corrected chi connectivity index (χ0v) is 14.9. The van der Waals surface area contributed by atoms with Crippen LogP contribution in [-0.2, 0) is 4.79 Å². The molecule has 3 heteroatoms. The number of hydrogen-bond donors (Lipinski definition) is 2. The Hall–Kier alpha value is -0.670. The van der Waals surface area contributed by atoms with Crippen molar-refractivity contribution in [1.82, 2.24) is 0 Å². The maximum absolute atomic E-state index is 11.8. The molecule has 23 heavy (non-hydrogen) atoms. The fraction of sp³-hybridized carbons (Fsp3) is 0.850. The van der Waals surface area contributed by atoms with Crippen LogP contribution in [0.25, 0.3) is 0 Å². The van der Waals surface area contributed by atoms with Gasteiger partial charge < -0.3 is 10.2 Å². The molecular formula is C20H32O3. The molecule has 0 bridgehead atoms. The molecule has 0 heterocycles.